The van der Waals surface area contributed by atoms with E-state index in [-0.39, 0.29) is 12.8 Å². The van der Waals surface area contributed by atoms with Crippen molar-refractivity contribution in [2.75, 3.05) is 19.8 Å². The normalized spacial score (nSPS) is 13.9. The molecule has 1 amide bonds. The molecule has 334 valence electrons. The number of phosphoric acid groups is 1. The molecule has 0 aliphatic rings. The highest BCUT2D eigenvalue weighted by Gasteiger charge is 2.28. The summed E-state index contributed by atoms with van der Waals surface area (Å²) in [6, 6.07) is -1.54. The second-order valence-electron chi connectivity index (χ2n) is 15.6. The number of aliphatic hydroxyl groups excluding tert-OH is 1. The number of unbranched alkanes of at least 4 members (excludes halogenated alkanes) is 25. The zero-order valence-electron chi connectivity index (χ0n) is 36.2. The van der Waals surface area contributed by atoms with Gasteiger partial charge in [0.05, 0.1) is 13.2 Å². The average molecular weight is 830 g/mol. The Balaban J connectivity index is 3.86. The number of carboxylic acid groups (broad SMARTS) is 1. The summed E-state index contributed by atoms with van der Waals surface area (Å²) >= 11 is 0. The van der Waals surface area contributed by atoms with Gasteiger partial charge in [-0.05, 0) is 44.9 Å². The molecule has 11 nitrogen and oxygen atoms in total. The second kappa shape index (κ2) is 40.7. The van der Waals surface area contributed by atoms with Crippen molar-refractivity contribution in [1.29, 1.82) is 0 Å². The number of phosphoric ester groups is 1. The lowest BCUT2D eigenvalue weighted by Crippen LogP contribution is -2.43. The molecule has 4 N–H and O–H groups in total. The van der Waals surface area contributed by atoms with Crippen molar-refractivity contribution in [2.45, 2.75) is 225 Å². The van der Waals surface area contributed by atoms with Crippen molar-refractivity contribution in [3.05, 3.63) is 24.3 Å². The molecule has 0 aliphatic heterocycles. The van der Waals surface area contributed by atoms with Gasteiger partial charge in [-0.15, -0.1) is 0 Å². The predicted molar refractivity (Wildman–Crippen MR) is 231 cm³/mol. The first-order chi connectivity index (χ1) is 27.6. The van der Waals surface area contributed by atoms with Gasteiger partial charge >= 0.3 is 19.8 Å². The van der Waals surface area contributed by atoms with E-state index in [4.69, 9.17) is 13.8 Å². The molecular formula is C45H84NO10P. The Morgan fingerprint density at radius 2 is 0.965 bits per heavy atom. The predicted octanol–water partition coefficient (Wildman–Crippen LogP) is 11.8. The standard InChI is InChI=1S/C45H84NO10P/c1-3-5-7-9-11-13-15-17-19-20-21-22-23-25-27-29-31-33-35-37-44(49)54-38-41(47)39-55-57(52,53)56-40-42(45(50)51)46-43(48)36-34-32-30-28-26-24-18-16-14-12-10-8-6-4-2/h11,13,17,19,41-42,47H,3-10,12,14-16,18,20-40H2,1-2H3,(H,46,48)(H,50,51)(H,52,53)/b13-11-,19-17-. The number of rotatable bonds is 43. The number of carbonyl (C=O) groups excluding carboxylic acids is 2. The molecule has 57 heavy (non-hydrogen) atoms. The molecule has 0 fully saturated rings. The number of amides is 1. The third kappa shape index (κ3) is 40.5. The maximum Gasteiger partial charge on any atom is 0.472 e. The van der Waals surface area contributed by atoms with E-state index in [1.807, 2.05) is 0 Å². The molecule has 0 saturated heterocycles. The van der Waals surface area contributed by atoms with Crippen molar-refractivity contribution in [3.8, 4) is 0 Å². The van der Waals surface area contributed by atoms with Gasteiger partial charge in [0.1, 0.15) is 12.7 Å². The van der Waals surface area contributed by atoms with Gasteiger partial charge in [0, 0.05) is 12.8 Å². The first kappa shape index (κ1) is 55.0. The molecule has 0 aromatic rings. The molecule has 0 bridgehead atoms. The molecule has 3 atom stereocenters. The highest BCUT2D eigenvalue weighted by molar-refractivity contribution is 7.47. The largest absolute Gasteiger partial charge is 0.480 e. The SMILES string of the molecule is CCCCC/C=C\C/C=C\CCCCCCCCCCCC(=O)OCC(O)COP(=O)(O)OCC(NC(=O)CCCCCCCCCCCCCCCC)C(=O)O. The summed E-state index contributed by atoms with van der Waals surface area (Å²) in [5, 5.41) is 21.8. The van der Waals surface area contributed by atoms with Gasteiger partial charge in [0.15, 0.2) is 6.04 Å². The molecule has 0 rings (SSSR count). The lowest BCUT2D eigenvalue weighted by atomic mass is 10.0. The van der Waals surface area contributed by atoms with E-state index in [0.717, 1.165) is 51.4 Å². The van der Waals surface area contributed by atoms with Gasteiger partial charge in [0.2, 0.25) is 5.91 Å². The molecular weight excluding hydrogens is 745 g/mol. The number of aliphatic carboxylic acids is 1. The molecule has 0 aromatic heterocycles. The van der Waals surface area contributed by atoms with Gasteiger partial charge in [-0.25, -0.2) is 9.36 Å². The fourth-order valence-electron chi connectivity index (χ4n) is 6.40. The minimum Gasteiger partial charge on any atom is -0.480 e. The summed E-state index contributed by atoms with van der Waals surface area (Å²) < 4.78 is 26.9. The zero-order chi connectivity index (χ0) is 42.1. The van der Waals surface area contributed by atoms with Crippen molar-refractivity contribution < 1.29 is 47.8 Å². The lowest BCUT2D eigenvalue weighted by molar-refractivity contribution is -0.147. The van der Waals surface area contributed by atoms with E-state index in [1.54, 1.807) is 0 Å². The van der Waals surface area contributed by atoms with Crippen LogP contribution in [-0.2, 0) is 32.7 Å². The number of carboxylic acids is 1. The number of carbonyl (C=O) groups is 3. The highest BCUT2D eigenvalue weighted by Crippen LogP contribution is 2.43. The highest BCUT2D eigenvalue weighted by atomic mass is 31.2. The van der Waals surface area contributed by atoms with Gasteiger partial charge in [0.25, 0.3) is 0 Å². The third-order valence-corrected chi connectivity index (χ3v) is 10.9. The van der Waals surface area contributed by atoms with Gasteiger partial charge < -0.3 is 25.2 Å². The van der Waals surface area contributed by atoms with E-state index in [1.165, 1.54) is 122 Å². The van der Waals surface area contributed by atoms with Crippen LogP contribution in [0.1, 0.15) is 213 Å². The van der Waals surface area contributed by atoms with Gasteiger partial charge in [-0.1, -0.05) is 179 Å². The Kier molecular flexibility index (Phi) is 39.3. The van der Waals surface area contributed by atoms with Crippen molar-refractivity contribution in [3.63, 3.8) is 0 Å². The number of hydrogen-bond acceptors (Lipinski definition) is 8. The molecule has 12 heteroatoms. The van der Waals surface area contributed by atoms with Crippen LogP contribution in [0.5, 0.6) is 0 Å². The van der Waals surface area contributed by atoms with Gasteiger partial charge in [-0.2, -0.15) is 0 Å². The van der Waals surface area contributed by atoms with E-state index in [0.29, 0.717) is 12.8 Å². The van der Waals surface area contributed by atoms with Gasteiger partial charge in [-0.3, -0.25) is 18.6 Å². The first-order valence-electron chi connectivity index (χ1n) is 22.9. The van der Waals surface area contributed by atoms with E-state index < -0.39 is 57.6 Å². The maximum atomic E-state index is 12.3. The smallest absolute Gasteiger partial charge is 0.472 e. The molecule has 0 saturated carbocycles. The topological polar surface area (TPSA) is 169 Å². The second-order valence-corrected chi connectivity index (χ2v) is 17.0. The van der Waals surface area contributed by atoms with Crippen LogP contribution in [0.2, 0.25) is 0 Å². The van der Waals surface area contributed by atoms with E-state index >= 15 is 0 Å². The molecule has 0 aliphatic carbocycles. The zero-order valence-corrected chi connectivity index (χ0v) is 37.0. The van der Waals surface area contributed by atoms with Crippen LogP contribution in [-0.4, -0.2) is 64.9 Å². The van der Waals surface area contributed by atoms with Crippen LogP contribution in [0.4, 0.5) is 0 Å². The first-order valence-corrected chi connectivity index (χ1v) is 24.4. The molecule has 3 unspecified atom stereocenters. The molecule has 0 spiro atoms. The average Bonchev–Trinajstić information content (AvgIpc) is 3.18. The van der Waals surface area contributed by atoms with Crippen LogP contribution in [0, 0.1) is 0 Å². The van der Waals surface area contributed by atoms with Crippen LogP contribution in [0.25, 0.3) is 0 Å². The summed E-state index contributed by atoms with van der Waals surface area (Å²) in [5.74, 6) is -2.37. The Labute approximate surface area is 347 Å². The third-order valence-electron chi connectivity index (χ3n) is 9.99. The number of aliphatic hydroxyl groups is 1. The van der Waals surface area contributed by atoms with Crippen molar-refractivity contribution in [1.82, 2.24) is 5.32 Å². The number of nitrogens with one attached hydrogen (secondary N) is 1. The summed E-state index contributed by atoms with van der Waals surface area (Å²) in [6.45, 7) is 2.58. The van der Waals surface area contributed by atoms with Crippen LogP contribution >= 0.6 is 7.82 Å². The van der Waals surface area contributed by atoms with Crippen LogP contribution < -0.4 is 5.32 Å². The Hall–Kier alpha value is -2.04. The van der Waals surface area contributed by atoms with E-state index in [2.05, 4.69) is 43.5 Å². The van der Waals surface area contributed by atoms with Crippen molar-refractivity contribution in [2.24, 2.45) is 0 Å². The minimum atomic E-state index is -4.75. The fourth-order valence-corrected chi connectivity index (χ4v) is 7.18. The summed E-state index contributed by atoms with van der Waals surface area (Å²) in [6.07, 6.45) is 41.9. The monoisotopic (exact) mass is 830 g/mol. The number of ether oxygens (including phenoxy) is 1. The van der Waals surface area contributed by atoms with Crippen molar-refractivity contribution >= 4 is 25.7 Å². The summed E-state index contributed by atoms with van der Waals surface area (Å²) in [5.41, 5.74) is 0. The number of allylic oxidation sites excluding steroid dienone is 4. The Morgan fingerprint density at radius 3 is 1.46 bits per heavy atom. The van der Waals surface area contributed by atoms with Crippen LogP contribution in [0.3, 0.4) is 0 Å². The number of esters is 1. The maximum absolute atomic E-state index is 12.3. The summed E-state index contributed by atoms with van der Waals surface area (Å²) in [4.78, 5) is 45.9. The fraction of sp³-hybridized carbons (Fsp3) is 0.844. The number of hydrogen-bond donors (Lipinski definition) is 4. The Morgan fingerprint density at radius 1 is 0.561 bits per heavy atom. The lowest BCUT2D eigenvalue weighted by Gasteiger charge is -2.18. The molecule has 0 radical (unpaired) electrons. The van der Waals surface area contributed by atoms with E-state index in [9.17, 15) is 34.1 Å². The Bertz CT molecular complexity index is 1070. The van der Waals surface area contributed by atoms with Crippen LogP contribution in [0.15, 0.2) is 24.3 Å². The quantitative estimate of drug-likeness (QED) is 0.0201. The summed E-state index contributed by atoms with van der Waals surface area (Å²) in [7, 11) is -4.75. The molecule has 0 heterocycles. The molecule has 0 aromatic carbocycles. The minimum absolute atomic E-state index is 0.150.